The molecular weight excluding hydrogens is 134 g/mol. The first kappa shape index (κ1) is 11.0. The molecule has 0 saturated carbocycles. The molecule has 11 heavy (non-hydrogen) atoms. The second-order valence-electron chi connectivity index (χ2n) is 4.47. The highest BCUT2D eigenvalue weighted by atomic mass is 14.6. The van der Waals surface area contributed by atoms with Crippen molar-refractivity contribution >= 4 is 0 Å². The van der Waals surface area contributed by atoms with Crippen LogP contribution in [-0.2, 0) is 0 Å². The van der Waals surface area contributed by atoms with Gasteiger partial charge in [-0.1, -0.05) is 40.5 Å². The van der Waals surface area contributed by atoms with Crippen molar-refractivity contribution in [3.63, 3.8) is 0 Å². The van der Waals surface area contributed by atoms with Gasteiger partial charge in [0.15, 0.2) is 0 Å². The summed E-state index contributed by atoms with van der Waals surface area (Å²) in [5, 5.41) is 0. The van der Waals surface area contributed by atoms with Gasteiger partial charge >= 0.3 is 0 Å². The third-order valence-electron chi connectivity index (χ3n) is 2.24. The highest BCUT2D eigenvalue weighted by Crippen LogP contribution is 2.25. The van der Waals surface area contributed by atoms with Crippen LogP contribution in [0, 0.1) is 11.3 Å². The fourth-order valence-corrected chi connectivity index (χ4v) is 1.62. The van der Waals surface area contributed by atoms with Gasteiger partial charge < -0.3 is 5.73 Å². The zero-order valence-corrected chi connectivity index (χ0v) is 8.48. The van der Waals surface area contributed by atoms with Gasteiger partial charge in [-0.05, 0) is 24.3 Å². The lowest BCUT2D eigenvalue weighted by molar-refractivity contribution is 0.276. The van der Waals surface area contributed by atoms with Crippen LogP contribution in [0.5, 0.6) is 0 Å². The van der Waals surface area contributed by atoms with E-state index in [1.807, 2.05) is 0 Å². The van der Waals surface area contributed by atoms with E-state index < -0.39 is 0 Å². The molecule has 0 amide bonds. The zero-order chi connectivity index (χ0) is 8.91. The molecule has 0 aliphatic rings. The first-order valence-corrected chi connectivity index (χ1v) is 4.72. The summed E-state index contributed by atoms with van der Waals surface area (Å²) in [6.45, 7) is 9.87. The first-order valence-electron chi connectivity index (χ1n) is 4.72. The largest absolute Gasteiger partial charge is 0.330 e. The molecule has 1 atom stereocenters. The van der Waals surface area contributed by atoms with E-state index in [9.17, 15) is 0 Å². The van der Waals surface area contributed by atoms with Crippen LogP contribution in [-0.4, -0.2) is 6.54 Å². The van der Waals surface area contributed by atoms with E-state index in [1.165, 1.54) is 19.3 Å². The number of rotatable bonds is 5. The average Bonchev–Trinajstić information content (AvgIpc) is 1.87. The molecule has 1 nitrogen and oxygen atoms in total. The van der Waals surface area contributed by atoms with E-state index in [0.29, 0.717) is 5.41 Å². The molecule has 1 heteroatoms. The van der Waals surface area contributed by atoms with E-state index in [4.69, 9.17) is 5.73 Å². The highest BCUT2D eigenvalue weighted by Gasteiger charge is 2.18. The third-order valence-corrected chi connectivity index (χ3v) is 2.24. The Kier molecular flexibility index (Phi) is 4.74. The molecular formula is C10H23N. The summed E-state index contributed by atoms with van der Waals surface area (Å²) in [5.41, 5.74) is 5.99. The van der Waals surface area contributed by atoms with Crippen LogP contribution in [0.15, 0.2) is 0 Å². The first-order chi connectivity index (χ1) is 5.02. The topological polar surface area (TPSA) is 26.0 Å². The van der Waals surface area contributed by atoms with Crippen molar-refractivity contribution in [2.24, 2.45) is 17.1 Å². The van der Waals surface area contributed by atoms with Crippen LogP contribution in [0.4, 0.5) is 0 Å². The van der Waals surface area contributed by atoms with Crippen LogP contribution < -0.4 is 5.73 Å². The second-order valence-corrected chi connectivity index (χ2v) is 4.47. The van der Waals surface area contributed by atoms with E-state index in [1.54, 1.807) is 0 Å². The Morgan fingerprint density at radius 1 is 1.36 bits per heavy atom. The van der Waals surface area contributed by atoms with Crippen molar-refractivity contribution in [2.45, 2.75) is 47.0 Å². The van der Waals surface area contributed by atoms with E-state index in [0.717, 1.165) is 12.5 Å². The summed E-state index contributed by atoms with van der Waals surface area (Å²) in [4.78, 5) is 0. The van der Waals surface area contributed by atoms with E-state index in [2.05, 4.69) is 27.7 Å². The molecule has 0 heterocycles. The third kappa shape index (κ3) is 5.25. The molecule has 0 aliphatic carbocycles. The van der Waals surface area contributed by atoms with E-state index >= 15 is 0 Å². The molecule has 68 valence electrons. The van der Waals surface area contributed by atoms with Gasteiger partial charge in [-0.3, -0.25) is 0 Å². The Morgan fingerprint density at radius 2 is 1.91 bits per heavy atom. The van der Waals surface area contributed by atoms with Gasteiger partial charge in [-0.25, -0.2) is 0 Å². The molecule has 2 N–H and O–H groups in total. The van der Waals surface area contributed by atoms with Crippen LogP contribution in [0.2, 0.25) is 0 Å². The Labute approximate surface area is 71.4 Å². The van der Waals surface area contributed by atoms with Crippen molar-refractivity contribution in [3.05, 3.63) is 0 Å². The summed E-state index contributed by atoms with van der Waals surface area (Å²) < 4.78 is 0. The monoisotopic (exact) mass is 157 g/mol. The number of hydrogen-bond acceptors (Lipinski definition) is 1. The summed E-state index contributed by atoms with van der Waals surface area (Å²) in [7, 11) is 0. The Balaban J connectivity index is 3.64. The van der Waals surface area contributed by atoms with Crippen molar-refractivity contribution < 1.29 is 0 Å². The lowest BCUT2D eigenvalue weighted by Crippen LogP contribution is -2.25. The summed E-state index contributed by atoms with van der Waals surface area (Å²) in [6.07, 6.45) is 3.89. The Morgan fingerprint density at radius 3 is 2.27 bits per heavy atom. The predicted octanol–water partition coefficient (Wildman–Crippen LogP) is 2.80. The molecule has 0 saturated heterocycles. The van der Waals surface area contributed by atoms with Gasteiger partial charge in [0.25, 0.3) is 0 Å². The van der Waals surface area contributed by atoms with Crippen molar-refractivity contribution in [2.75, 3.05) is 6.54 Å². The minimum Gasteiger partial charge on any atom is -0.330 e. The van der Waals surface area contributed by atoms with Crippen LogP contribution in [0.25, 0.3) is 0 Å². The molecule has 0 fully saturated rings. The number of nitrogens with two attached hydrogens (primary N) is 1. The van der Waals surface area contributed by atoms with Crippen LogP contribution in [0.3, 0.4) is 0 Å². The molecule has 0 bridgehead atoms. The molecule has 0 rings (SSSR count). The van der Waals surface area contributed by atoms with Gasteiger partial charge in [0, 0.05) is 0 Å². The van der Waals surface area contributed by atoms with Crippen molar-refractivity contribution in [1.29, 1.82) is 0 Å². The fraction of sp³-hybridized carbons (Fsp3) is 1.00. The standard InChI is InChI=1S/C10H23N/c1-5-6-9(2)7-10(3,4)8-11/h9H,5-8,11H2,1-4H3. The van der Waals surface area contributed by atoms with Crippen LogP contribution in [0.1, 0.15) is 47.0 Å². The molecule has 0 spiro atoms. The van der Waals surface area contributed by atoms with Crippen molar-refractivity contribution in [1.82, 2.24) is 0 Å². The average molecular weight is 157 g/mol. The minimum atomic E-state index is 0.342. The second kappa shape index (κ2) is 4.76. The minimum absolute atomic E-state index is 0.342. The maximum Gasteiger partial charge on any atom is -0.00257 e. The van der Waals surface area contributed by atoms with E-state index in [-0.39, 0.29) is 0 Å². The highest BCUT2D eigenvalue weighted by molar-refractivity contribution is 4.71. The summed E-state index contributed by atoms with van der Waals surface area (Å²) in [5.74, 6) is 0.832. The molecule has 0 aromatic carbocycles. The summed E-state index contributed by atoms with van der Waals surface area (Å²) in [6, 6.07) is 0. The summed E-state index contributed by atoms with van der Waals surface area (Å²) >= 11 is 0. The normalized spacial score (nSPS) is 15.0. The smallest absolute Gasteiger partial charge is 0.00257 e. The predicted molar refractivity (Wildman–Crippen MR) is 51.5 cm³/mol. The lowest BCUT2D eigenvalue weighted by Gasteiger charge is -2.26. The quantitative estimate of drug-likeness (QED) is 0.652. The lowest BCUT2D eigenvalue weighted by atomic mass is 9.82. The van der Waals surface area contributed by atoms with Gasteiger partial charge in [0.2, 0.25) is 0 Å². The molecule has 0 aromatic rings. The molecule has 0 aromatic heterocycles. The Bertz CT molecular complexity index is 97.0. The molecule has 0 aliphatic heterocycles. The Hall–Kier alpha value is -0.0400. The van der Waals surface area contributed by atoms with Crippen molar-refractivity contribution in [3.8, 4) is 0 Å². The maximum absolute atomic E-state index is 5.65. The van der Waals surface area contributed by atoms with Gasteiger partial charge in [-0.15, -0.1) is 0 Å². The molecule has 0 radical (unpaired) electrons. The number of hydrogen-bond donors (Lipinski definition) is 1. The SMILES string of the molecule is CCCC(C)CC(C)(C)CN. The maximum atomic E-state index is 5.65. The fourth-order valence-electron chi connectivity index (χ4n) is 1.62. The molecule has 1 unspecified atom stereocenters. The van der Waals surface area contributed by atoms with Gasteiger partial charge in [0.1, 0.15) is 0 Å². The van der Waals surface area contributed by atoms with Crippen LogP contribution >= 0.6 is 0 Å². The van der Waals surface area contributed by atoms with Gasteiger partial charge in [0.05, 0.1) is 0 Å². The van der Waals surface area contributed by atoms with Gasteiger partial charge in [-0.2, -0.15) is 0 Å². The zero-order valence-electron chi connectivity index (χ0n) is 8.48.